The Labute approximate surface area is 173 Å². The highest BCUT2D eigenvalue weighted by Crippen LogP contribution is 2.11. The summed E-state index contributed by atoms with van der Waals surface area (Å²) in [5.74, 6) is -0.332. The molecule has 0 radical (unpaired) electrons. The molecule has 1 aromatic carbocycles. The maximum atomic E-state index is 12.1. The van der Waals surface area contributed by atoms with Gasteiger partial charge in [0.2, 0.25) is 5.91 Å². The number of amides is 5. The second kappa shape index (κ2) is 10.6. The summed E-state index contributed by atoms with van der Waals surface area (Å²) in [5.41, 5.74) is 0.747. The van der Waals surface area contributed by atoms with E-state index in [0.29, 0.717) is 19.6 Å². The number of rotatable bonds is 6. The van der Waals surface area contributed by atoms with Crippen LogP contribution in [0.2, 0.25) is 0 Å². The summed E-state index contributed by atoms with van der Waals surface area (Å²) >= 11 is 1.55. The van der Waals surface area contributed by atoms with Gasteiger partial charge < -0.3 is 16.0 Å². The van der Waals surface area contributed by atoms with Crippen molar-refractivity contribution < 1.29 is 14.4 Å². The summed E-state index contributed by atoms with van der Waals surface area (Å²) < 4.78 is 0. The lowest BCUT2D eigenvalue weighted by Gasteiger charge is -2.31. The molecule has 8 nitrogen and oxygen atoms in total. The van der Waals surface area contributed by atoms with Crippen LogP contribution in [-0.4, -0.2) is 48.5 Å². The molecule has 0 unspecified atom stereocenters. The van der Waals surface area contributed by atoms with Crippen molar-refractivity contribution in [1.29, 1.82) is 0 Å². The van der Waals surface area contributed by atoms with Crippen LogP contribution in [0.5, 0.6) is 0 Å². The van der Waals surface area contributed by atoms with Crippen LogP contribution in [0.3, 0.4) is 0 Å². The van der Waals surface area contributed by atoms with Crippen molar-refractivity contribution >= 4 is 35.0 Å². The fourth-order valence-corrected chi connectivity index (χ4v) is 3.75. The fraction of sp³-hybridized carbons (Fsp3) is 0.350. The number of carbonyl (C=O) groups is 3. The van der Waals surface area contributed by atoms with Crippen LogP contribution in [0.15, 0.2) is 47.8 Å². The number of imide groups is 1. The van der Waals surface area contributed by atoms with E-state index in [2.05, 4.69) is 21.3 Å². The van der Waals surface area contributed by atoms with Gasteiger partial charge in [0.1, 0.15) is 0 Å². The van der Waals surface area contributed by atoms with Crippen LogP contribution in [0.1, 0.15) is 17.7 Å². The molecule has 1 fully saturated rings. The molecule has 29 heavy (non-hydrogen) atoms. The van der Waals surface area contributed by atoms with Crippen LogP contribution >= 0.6 is 11.3 Å². The summed E-state index contributed by atoms with van der Waals surface area (Å²) in [5, 5.41) is 12.7. The van der Waals surface area contributed by atoms with E-state index >= 15 is 0 Å². The quantitative estimate of drug-likeness (QED) is 0.582. The summed E-state index contributed by atoms with van der Waals surface area (Å²) in [7, 11) is 0. The standard InChI is InChI=1S/C20H25N5O3S/c26-18(24-19(27)21-13-17-7-4-12-29-17)14-25-10-8-16(9-11-25)23-20(28)22-15-5-2-1-3-6-15/h1-7,12,16H,8-11,13-14H2,(H2,22,23,28)(H2,21,24,26,27). The van der Waals surface area contributed by atoms with Crippen LogP contribution in [-0.2, 0) is 11.3 Å². The minimum atomic E-state index is -0.488. The van der Waals surface area contributed by atoms with Gasteiger partial charge in [-0.15, -0.1) is 11.3 Å². The Kier molecular flexibility index (Phi) is 7.60. The number of benzene rings is 1. The highest BCUT2D eigenvalue weighted by atomic mass is 32.1. The molecule has 2 heterocycles. The van der Waals surface area contributed by atoms with Crippen LogP contribution in [0.4, 0.5) is 15.3 Å². The van der Waals surface area contributed by atoms with Crippen LogP contribution in [0, 0.1) is 0 Å². The summed E-state index contributed by atoms with van der Waals surface area (Å²) in [6.45, 7) is 1.93. The summed E-state index contributed by atoms with van der Waals surface area (Å²) in [6.07, 6.45) is 1.50. The molecule has 4 N–H and O–H groups in total. The predicted molar refractivity (Wildman–Crippen MR) is 113 cm³/mol. The third kappa shape index (κ3) is 7.20. The minimum absolute atomic E-state index is 0.0621. The number of likely N-dealkylation sites (tertiary alicyclic amines) is 1. The monoisotopic (exact) mass is 415 g/mol. The topological polar surface area (TPSA) is 103 Å². The zero-order chi connectivity index (χ0) is 20.5. The number of hydrogen-bond acceptors (Lipinski definition) is 5. The molecule has 0 atom stereocenters. The van der Waals surface area contributed by atoms with Crippen molar-refractivity contribution in [2.24, 2.45) is 0 Å². The first-order valence-electron chi connectivity index (χ1n) is 9.53. The Bertz CT molecular complexity index is 805. The Morgan fingerprint density at radius 2 is 1.76 bits per heavy atom. The maximum Gasteiger partial charge on any atom is 0.321 e. The Morgan fingerprint density at radius 3 is 2.45 bits per heavy atom. The molecule has 1 aliphatic rings. The van der Waals surface area contributed by atoms with Crippen molar-refractivity contribution in [3.63, 3.8) is 0 Å². The zero-order valence-electron chi connectivity index (χ0n) is 16.0. The van der Waals surface area contributed by atoms with Gasteiger partial charge in [-0.05, 0) is 36.4 Å². The van der Waals surface area contributed by atoms with Crippen molar-refractivity contribution in [3.8, 4) is 0 Å². The summed E-state index contributed by atoms with van der Waals surface area (Å²) in [4.78, 5) is 38.9. The predicted octanol–water partition coefficient (Wildman–Crippen LogP) is 2.36. The molecule has 1 saturated heterocycles. The molecular weight excluding hydrogens is 390 g/mol. The van der Waals surface area contributed by atoms with E-state index in [9.17, 15) is 14.4 Å². The number of anilines is 1. The van der Waals surface area contributed by atoms with E-state index in [-0.39, 0.29) is 24.5 Å². The number of urea groups is 2. The van der Waals surface area contributed by atoms with Crippen LogP contribution < -0.4 is 21.3 Å². The lowest BCUT2D eigenvalue weighted by molar-refractivity contribution is -0.121. The van der Waals surface area contributed by atoms with Gasteiger partial charge in [-0.25, -0.2) is 9.59 Å². The van der Waals surface area contributed by atoms with Gasteiger partial charge in [0.25, 0.3) is 0 Å². The zero-order valence-corrected chi connectivity index (χ0v) is 16.8. The number of thiophene rings is 1. The molecule has 1 aliphatic heterocycles. The fourth-order valence-electron chi connectivity index (χ4n) is 3.10. The number of piperidine rings is 1. The number of hydrogen-bond donors (Lipinski definition) is 4. The Morgan fingerprint density at radius 1 is 1.00 bits per heavy atom. The Balaban J connectivity index is 1.31. The molecule has 9 heteroatoms. The normalized spacial score (nSPS) is 14.8. The van der Waals surface area contributed by atoms with E-state index < -0.39 is 6.03 Å². The van der Waals surface area contributed by atoms with Gasteiger partial charge in [0.15, 0.2) is 0 Å². The molecule has 2 aromatic rings. The molecule has 1 aromatic heterocycles. The highest BCUT2D eigenvalue weighted by molar-refractivity contribution is 7.09. The van der Waals surface area contributed by atoms with E-state index in [4.69, 9.17) is 0 Å². The first kappa shape index (κ1) is 20.8. The largest absolute Gasteiger partial charge is 0.335 e. The summed E-state index contributed by atoms with van der Waals surface area (Å²) in [6, 6.07) is 12.5. The minimum Gasteiger partial charge on any atom is -0.335 e. The molecule has 0 spiro atoms. The smallest absolute Gasteiger partial charge is 0.321 e. The number of nitrogens with zero attached hydrogens (tertiary/aromatic N) is 1. The third-order valence-corrected chi connectivity index (χ3v) is 5.45. The van der Waals surface area contributed by atoms with Crippen LogP contribution in [0.25, 0.3) is 0 Å². The lowest BCUT2D eigenvalue weighted by atomic mass is 10.1. The van der Waals surface area contributed by atoms with Gasteiger partial charge in [-0.3, -0.25) is 15.0 Å². The van der Waals surface area contributed by atoms with Gasteiger partial charge in [-0.1, -0.05) is 24.3 Å². The van der Waals surface area contributed by atoms with Crippen molar-refractivity contribution in [3.05, 3.63) is 52.7 Å². The van der Waals surface area contributed by atoms with E-state index in [1.807, 2.05) is 52.7 Å². The molecule has 0 aliphatic carbocycles. The first-order valence-corrected chi connectivity index (χ1v) is 10.4. The van der Waals surface area contributed by atoms with Crippen molar-refractivity contribution in [2.45, 2.75) is 25.4 Å². The molecule has 3 rings (SSSR count). The van der Waals surface area contributed by atoms with Crippen molar-refractivity contribution in [2.75, 3.05) is 25.0 Å². The number of carbonyl (C=O) groups excluding carboxylic acids is 3. The number of para-hydroxylation sites is 1. The van der Waals surface area contributed by atoms with Gasteiger partial charge >= 0.3 is 12.1 Å². The molecule has 5 amide bonds. The van der Waals surface area contributed by atoms with Gasteiger partial charge in [0.05, 0.1) is 13.1 Å². The SMILES string of the molecule is O=C(CN1CCC(NC(=O)Nc2ccccc2)CC1)NC(=O)NCc1cccs1. The van der Waals surface area contributed by atoms with E-state index in [1.54, 1.807) is 11.3 Å². The molecular formula is C20H25N5O3S. The number of nitrogens with one attached hydrogen (secondary N) is 4. The third-order valence-electron chi connectivity index (χ3n) is 4.58. The van der Waals surface area contributed by atoms with Gasteiger partial charge in [-0.2, -0.15) is 0 Å². The second-order valence-corrected chi connectivity index (χ2v) is 7.86. The average molecular weight is 416 g/mol. The van der Waals surface area contributed by atoms with E-state index in [0.717, 1.165) is 23.4 Å². The maximum absolute atomic E-state index is 12.1. The first-order chi connectivity index (χ1) is 14.1. The second-order valence-electron chi connectivity index (χ2n) is 6.83. The molecule has 0 saturated carbocycles. The average Bonchev–Trinajstić information content (AvgIpc) is 3.22. The van der Waals surface area contributed by atoms with Crippen molar-refractivity contribution in [1.82, 2.24) is 20.9 Å². The van der Waals surface area contributed by atoms with Gasteiger partial charge in [0, 0.05) is 29.7 Å². The Hall–Kier alpha value is -2.91. The highest BCUT2D eigenvalue weighted by Gasteiger charge is 2.22. The molecule has 154 valence electrons. The van der Waals surface area contributed by atoms with E-state index in [1.165, 1.54) is 0 Å². The molecule has 0 bridgehead atoms. The lowest BCUT2D eigenvalue weighted by Crippen LogP contribution is -2.49.